The maximum atomic E-state index is 13.6. The molecule has 1 spiro atoms. The van der Waals surface area contributed by atoms with Crippen molar-refractivity contribution in [2.75, 3.05) is 11.9 Å². The smallest absolute Gasteiger partial charge is 0.418 e. The van der Waals surface area contributed by atoms with Crippen LogP contribution in [0.2, 0.25) is 0 Å². The van der Waals surface area contributed by atoms with E-state index in [2.05, 4.69) is 0 Å². The van der Waals surface area contributed by atoms with Crippen molar-refractivity contribution in [3.8, 4) is 5.75 Å². The number of nitrogens with zero attached hydrogens (tertiary/aromatic N) is 1. The van der Waals surface area contributed by atoms with Crippen molar-refractivity contribution < 1.29 is 41.0 Å². The number of hydrogen-bond acceptors (Lipinski definition) is 3. The summed E-state index contributed by atoms with van der Waals surface area (Å²) in [6.45, 7) is 1.64. The Labute approximate surface area is 230 Å². The molecule has 2 fully saturated rings. The Morgan fingerprint density at radius 2 is 1.65 bits per heavy atom. The van der Waals surface area contributed by atoms with Crippen LogP contribution >= 0.6 is 0 Å². The van der Waals surface area contributed by atoms with E-state index in [0.717, 1.165) is 24.0 Å². The Balaban J connectivity index is 0.00000115. The molecule has 40 heavy (non-hydrogen) atoms. The Morgan fingerprint density at radius 3 is 2.20 bits per heavy atom. The Morgan fingerprint density at radius 1 is 1.00 bits per heavy atom. The lowest BCUT2D eigenvalue weighted by molar-refractivity contribution is -0.141. The molecule has 0 aromatic heterocycles. The van der Waals surface area contributed by atoms with Gasteiger partial charge in [0, 0.05) is 18.8 Å². The van der Waals surface area contributed by atoms with Crippen molar-refractivity contribution in [2.45, 2.75) is 95.1 Å². The van der Waals surface area contributed by atoms with Gasteiger partial charge in [-0.05, 0) is 80.3 Å². The molecule has 2 aromatic carbocycles. The van der Waals surface area contributed by atoms with E-state index in [4.69, 9.17) is 4.74 Å². The second-order valence-electron chi connectivity index (χ2n) is 11.3. The number of aliphatic carboxylic acids is 1. The molecule has 1 atom stereocenters. The molecule has 0 amide bonds. The van der Waals surface area contributed by atoms with Gasteiger partial charge in [0.1, 0.15) is 11.4 Å². The van der Waals surface area contributed by atoms with Crippen LogP contribution in [0.5, 0.6) is 5.75 Å². The second-order valence-corrected chi connectivity index (χ2v) is 11.3. The molecule has 1 N–H and O–H groups in total. The van der Waals surface area contributed by atoms with Gasteiger partial charge in [0.15, 0.2) is 0 Å². The molecule has 1 unspecified atom stereocenters. The van der Waals surface area contributed by atoms with Crippen LogP contribution in [-0.2, 0) is 30.0 Å². The first kappa shape index (κ1) is 30.1. The summed E-state index contributed by atoms with van der Waals surface area (Å²) in [5, 5.41) is 9.20. The average Bonchev–Trinajstić information content (AvgIpc) is 3.77. The zero-order chi connectivity index (χ0) is 29.3. The highest BCUT2D eigenvalue weighted by atomic mass is 19.4. The number of benzene rings is 2. The maximum Gasteiger partial charge on any atom is 0.418 e. The van der Waals surface area contributed by atoms with Crippen LogP contribution in [0, 0.1) is 5.92 Å². The summed E-state index contributed by atoms with van der Waals surface area (Å²) in [6, 6.07) is 6.89. The van der Waals surface area contributed by atoms with Crippen molar-refractivity contribution in [3.05, 3.63) is 58.7 Å². The molecule has 1 aliphatic heterocycles. The summed E-state index contributed by atoms with van der Waals surface area (Å²) < 4.78 is 87.1. The predicted molar refractivity (Wildman–Crippen MR) is 140 cm³/mol. The average molecular weight is 572 g/mol. The molecule has 5 rings (SSSR count). The Hall–Kier alpha value is -2.91. The highest BCUT2D eigenvalue weighted by Crippen LogP contribution is 2.46. The van der Waals surface area contributed by atoms with Gasteiger partial charge in [0.05, 0.1) is 17.0 Å². The molecule has 2 saturated carbocycles. The van der Waals surface area contributed by atoms with E-state index in [-0.39, 0.29) is 6.04 Å². The minimum absolute atomic E-state index is 0.365. The van der Waals surface area contributed by atoms with Gasteiger partial charge in [-0.2, -0.15) is 26.3 Å². The molecular weight excluding hydrogens is 536 g/mol. The van der Waals surface area contributed by atoms with Gasteiger partial charge in [-0.15, -0.1) is 0 Å². The van der Waals surface area contributed by atoms with Gasteiger partial charge in [-0.25, -0.2) is 0 Å². The number of carbonyl (C=O) groups is 1. The minimum Gasteiger partial charge on any atom is -0.487 e. The Kier molecular flexibility index (Phi) is 8.66. The fraction of sp³-hybridized carbons (Fsp3) is 0.567. The molecule has 0 radical (unpaired) electrons. The molecular formula is C30H35F6NO3. The highest BCUT2D eigenvalue weighted by molar-refractivity contribution is 5.70. The quantitative estimate of drug-likeness (QED) is 0.367. The first-order valence-electron chi connectivity index (χ1n) is 13.7. The molecule has 0 saturated heterocycles. The van der Waals surface area contributed by atoms with Crippen molar-refractivity contribution in [3.63, 3.8) is 0 Å². The molecule has 10 heteroatoms. The number of aryl methyl sites for hydroxylation is 1. The number of ether oxygens (including phenoxy) is 1. The van der Waals surface area contributed by atoms with Crippen molar-refractivity contribution in [2.24, 2.45) is 5.92 Å². The fourth-order valence-corrected chi connectivity index (χ4v) is 5.42. The summed E-state index contributed by atoms with van der Waals surface area (Å²) in [4.78, 5) is 12.5. The second kappa shape index (κ2) is 11.5. The monoisotopic (exact) mass is 571 g/mol. The maximum absolute atomic E-state index is 13.6. The standard InChI is InChI=1S/C27H29F6NO3.C3H6/c1-16(24(35)36)13-17-3-4-18-7-10-25(37-23(18)14-17)11-8-20(9-12-25)34(2)22-15-19(26(28,29)30)5-6-21(22)27(31,32)33;1-2-3-1/h3-6,14-16,20H,7-13H2,1-2H3,(H,35,36);1-3H2. The van der Waals surface area contributed by atoms with Crippen LogP contribution in [0.1, 0.15) is 80.5 Å². The van der Waals surface area contributed by atoms with Gasteiger partial charge in [0.25, 0.3) is 0 Å². The van der Waals surface area contributed by atoms with E-state index in [1.54, 1.807) is 6.92 Å². The van der Waals surface area contributed by atoms with Crippen molar-refractivity contribution >= 4 is 11.7 Å². The first-order chi connectivity index (χ1) is 18.7. The van der Waals surface area contributed by atoms with E-state index >= 15 is 0 Å². The van der Waals surface area contributed by atoms with Crippen LogP contribution in [0.4, 0.5) is 32.0 Å². The summed E-state index contributed by atoms with van der Waals surface area (Å²) in [7, 11) is 1.42. The zero-order valence-electron chi connectivity index (χ0n) is 22.7. The van der Waals surface area contributed by atoms with Crippen LogP contribution < -0.4 is 9.64 Å². The van der Waals surface area contributed by atoms with E-state index in [0.29, 0.717) is 56.1 Å². The minimum atomic E-state index is -4.78. The summed E-state index contributed by atoms with van der Waals surface area (Å²) in [5.74, 6) is -0.726. The van der Waals surface area contributed by atoms with E-state index < -0.39 is 46.7 Å². The predicted octanol–water partition coefficient (Wildman–Crippen LogP) is 8.30. The van der Waals surface area contributed by atoms with Crippen molar-refractivity contribution in [1.82, 2.24) is 0 Å². The van der Waals surface area contributed by atoms with Crippen LogP contribution in [-0.4, -0.2) is 29.8 Å². The third kappa shape index (κ3) is 7.23. The number of carboxylic acid groups (broad SMARTS) is 1. The van der Waals surface area contributed by atoms with Crippen molar-refractivity contribution in [1.29, 1.82) is 0 Å². The highest BCUT2D eigenvalue weighted by Gasteiger charge is 2.43. The van der Waals surface area contributed by atoms with Gasteiger partial charge >= 0.3 is 18.3 Å². The topological polar surface area (TPSA) is 49.8 Å². The largest absolute Gasteiger partial charge is 0.487 e. The first-order valence-corrected chi connectivity index (χ1v) is 13.7. The molecule has 3 aliphatic rings. The molecule has 1 heterocycles. The lowest BCUT2D eigenvalue weighted by Crippen LogP contribution is -2.47. The molecule has 4 nitrogen and oxygen atoms in total. The lowest BCUT2D eigenvalue weighted by atomic mass is 9.76. The normalized spacial score (nSPS) is 22.9. The van der Waals surface area contributed by atoms with E-state index in [9.17, 15) is 36.2 Å². The van der Waals surface area contributed by atoms with Gasteiger partial charge < -0.3 is 14.7 Å². The van der Waals surface area contributed by atoms with E-state index in [1.807, 2.05) is 18.2 Å². The zero-order valence-corrected chi connectivity index (χ0v) is 22.7. The summed E-state index contributed by atoms with van der Waals surface area (Å²) >= 11 is 0. The number of rotatable bonds is 5. The lowest BCUT2D eigenvalue weighted by Gasteiger charge is -2.46. The number of fused-ring (bicyclic) bond motifs is 1. The SMILES string of the molecule is C1CC1.CC(Cc1ccc2c(c1)OC1(CC2)CCC(N(C)c2cc(C(F)(F)F)ccc2C(F)(F)F)CC1)C(=O)O. The summed E-state index contributed by atoms with van der Waals surface area (Å²) in [5.41, 5.74) is -1.31. The number of halogens is 6. The molecule has 2 aromatic rings. The van der Waals surface area contributed by atoms with E-state index in [1.165, 1.54) is 31.2 Å². The molecule has 220 valence electrons. The van der Waals surface area contributed by atoms with Gasteiger partial charge in [-0.1, -0.05) is 38.3 Å². The van der Waals surface area contributed by atoms with Gasteiger partial charge in [-0.3, -0.25) is 4.79 Å². The number of alkyl halides is 6. The van der Waals surface area contributed by atoms with Crippen LogP contribution in [0.3, 0.4) is 0 Å². The number of anilines is 1. The van der Waals surface area contributed by atoms with Crippen LogP contribution in [0.25, 0.3) is 0 Å². The van der Waals surface area contributed by atoms with Gasteiger partial charge in [0.2, 0.25) is 0 Å². The number of carboxylic acids is 1. The summed E-state index contributed by atoms with van der Waals surface area (Å²) in [6.07, 6.45) is -1.13. The number of hydrogen-bond donors (Lipinski definition) is 1. The Bertz CT molecular complexity index is 1200. The van der Waals surface area contributed by atoms with Crippen LogP contribution in [0.15, 0.2) is 36.4 Å². The third-order valence-electron chi connectivity index (χ3n) is 8.05. The fourth-order valence-electron chi connectivity index (χ4n) is 5.42. The molecule has 0 bridgehead atoms. The molecule has 2 aliphatic carbocycles. The third-order valence-corrected chi connectivity index (χ3v) is 8.05.